The molecular formula is C17H20BrNS. The Labute approximate surface area is 133 Å². The van der Waals surface area contributed by atoms with Crippen molar-refractivity contribution in [3.8, 4) is 0 Å². The van der Waals surface area contributed by atoms with Crippen LogP contribution in [0.4, 0.5) is 5.69 Å². The lowest BCUT2D eigenvalue weighted by molar-refractivity contribution is 0.475. The van der Waals surface area contributed by atoms with Crippen molar-refractivity contribution in [2.75, 3.05) is 5.32 Å². The third-order valence-corrected chi connectivity index (χ3v) is 5.67. The van der Waals surface area contributed by atoms with E-state index in [1.807, 2.05) is 11.3 Å². The molecule has 1 aliphatic rings. The third kappa shape index (κ3) is 3.09. The molecule has 0 spiro atoms. The van der Waals surface area contributed by atoms with Crippen molar-refractivity contribution in [3.05, 3.63) is 50.6 Å². The van der Waals surface area contributed by atoms with Crippen LogP contribution in [-0.2, 0) is 0 Å². The summed E-state index contributed by atoms with van der Waals surface area (Å²) in [6.45, 7) is 2.17. The summed E-state index contributed by atoms with van der Waals surface area (Å²) >= 11 is 5.42. The van der Waals surface area contributed by atoms with Gasteiger partial charge in [0.2, 0.25) is 0 Å². The lowest BCUT2D eigenvalue weighted by Crippen LogP contribution is -2.18. The van der Waals surface area contributed by atoms with E-state index in [0.29, 0.717) is 6.04 Å². The first-order valence-corrected chi connectivity index (χ1v) is 8.97. The second kappa shape index (κ2) is 6.31. The van der Waals surface area contributed by atoms with Gasteiger partial charge in [-0.1, -0.05) is 34.8 Å². The third-order valence-electron chi connectivity index (χ3n) is 4.22. The molecule has 1 aromatic heterocycles. The monoisotopic (exact) mass is 349 g/mol. The first-order chi connectivity index (χ1) is 9.74. The summed E-state index contributed by atoms with van der Waals surface area (Å²) in [5.74, 6) is 0.775. The maximum Gasteiger partial charge on any atom is 0.0634 e. The van der Waals surface area contributed by atoms with Gasteiger partial charge in [0.25, 0.3) is 0 Å². The van der Waals surface area contributed by atoms with Crippen molar-refractivity contribution >= 4 is 33.0 Å². The molecule has 106 valence electrons. The van der Waals surface area contributed by atoms with Crippen LogP contribution < -0.4 is 5.32 Å². The number of aryl methyl sites for hydroxylation is 1. The van der Waals surface area contributed by atoms with Gasteiger partial charge in [-0.2, -0.15) is 0 Å². The first kappa shape index (κ1) is 14.2. The van der Waals surface area contributed by atoms with Crippen LogP contribution in [0.3, 0.4) is 0 Å². The number of benzene rings is 1. The maximum atomic E-state index is 3.81. The quantitative estimate of drug-likeness (QED) is 0.696. The first-order valence-electron chi connectivity index (χ1n) is 7.30. The van der Waals surface area contributed by atoms with Crippen molar-refractivity contribution in [1.29, 1.82) is 0 Å². The summed E-state index contributed by atoms with van der Waals surface area (Å²) in [4.78, 5) is 1.47. The molecule has 0 radical (unpaired) electrons. The summed E-state index contributed by atoms with van der Waals surface area (Å²) in [6, 6.07) is 11.4. The fraction of sp³-hybridized carbons (Fsp3) is 0.412. The van der Waals surface area contributed by atoms with Crippen LogP contribution in [-0.4, -0.2) is 0 Å². The molecule has 1 nitrogen and oxygen atoms in total. The van der Waals surface area contributed by atoms with Gasteiger partial charge in [0, 0.05) is 15.0 Å². The van der Waals surface area contributed by atoms with Crippen LogP contribution in [0.25, 0.3) is 0 Å². The highest BCUT2D eigenvalue weighted by molar-refractivity contribution is 9.10. The van der Waals surface area contributed by atoms with E-state index in [-0.39, 0.29) is 0 Å². The van der Waals surface area contributed by atoms with Crippen LogP contribution in [0.15, 0.2) is 40.2 Å². The number of thiophene rings is 1. The highest BCUT2D eigenvalue weighted by Crippen LogP contribution is 2.40. The van der Waals surface area contributed by atoms with Crippen LogP contribution in [0, 0.1) is 12.8 Å². The molecule has 3 rings (SSSR count). The van der Waals surface area contributed by atoms with Gasteiger partial charge < -0.3 is 5.32 Å². The molecule has 1 unspecified atom stereocenters. The van der Waals surface area contributed by atoms with E-state index in [0.717, 1.165) is 10.4 Å². The highest BCUT2D eigenvalue weighted by Gasteiger charge is 2.27. The summed E-state index contributed by atoms with van der Waals surface area (Å²) < 4.78 is 1.15. The minimum absolute atomic E-state index is 0.470. The van der Waals surface area contributed by atoms with E-state index in [1.54, 1.807) is 0 Å². The van der Waals surface area contributed by atoms with Crippen molar-refractivity contribution in [2.24, 2.45) is 5.92 Å². The molecule has 1 aliphatic carbocycles. The smallest absolute Gasteiger partial charge is 0.0634 e. The summed E-state index contributed by atoms with van der Waals surface area (Å²) in [6.07, 6.45) is 5.47. The molecule has 3 heteroatoms. The van der Waals surface area contributed by atoms with Crippen LogP contribution in [0.2, 0.25) is 0 Å². The molecule has 20 heavy (non-hydrogen) atoms. The normalized spacial score (nSPS) is 17.3. The second-order valence-electron chi connectivity index (χ2n) is 5.64. The van der Waals surface area contributed by atoms with Gasteiger partial charge in [-0.15, -0.1) is 11.3 Å². The van der Waals surface area contributed by atoms with Gasteiger partial charge >= 0.3 is 0 Å². The predicted octanol–water partition coefficient (Wildman–Crippen LogP) is 6.16. The number of rotatable bonds is 4. The standard InChI is InChI=1S/C17H20BrNS/c1-12-11-14(18)8-9-15(12)19-17(13-5-2-3-6-13)16-7-4-10-20-16/h4,7-11,13,17,19H,2-3,5-6H2,1H3. The van der Waals surface area contributed by atoms with E-state index in [9.17, 15) is 0 Å². The lowest BCUT2D eigenvalue weighted by Gasteiger charge is -2.26. The zero-order valence-corrected chi connectivity index (χ0v) is 14.1. The van der Waals surface area contributed by atoms with Crippen molar-refractivity contribution in [3.63, 3.8) is 0 Å². The molecule has 1 heterocycles. The Balaban J connectivity index is 1.86. The Hall–Kier alpha value is -0.800. The van der Waals surface area contributed by atoms with E-state index >= 15 is 0 Å². The Kier molecular flexibility index (Phi) is 4.47. The SMILES string of the molecule is Cc1cc(Br)ccc1NC(c1cccs1)C1CCCC1. The van der Waals surface area contributed by atoms with Crippen LogP contribution in [0.1, 0.15) is 42.2 Å². The molecule has 2 aromatic rings. The topological polar surface area (TPSA) is 12.0 Å². The fourth-order valence-corrected chi connectivity index (χ4v) is 4.48. The number of halogens is 1. The van der Waals surface area contributed by atoms with Gasteiger partial charge in [0.15, 0.2) is 0 Å². The van der Waals surface area contributed by atoms with Gasteiger partial charge in [-0.05, 0) is 60.9 Å². The van der Waals surface area contributed by atoms with E-state index < -0.39 is 0 Å². The minimum Gasteiger partial charge on any atom is -0.377 e. The number of nitrogens with one attached hydrogen (secondary N) is 1. The van der Waals surface area contributed by atoms with E-state index in [4.69, 9.17) is 0 Å². The van der Waals surface area contributed by atoms with E-state index in [1.165, 1.54) is 41.8 Å². The fourth-order valence-electron chi connectivity index (χ4n) is 3.14. The predicted molar refractivity (Wildman–Crippen MR) is 91.5 cm³/mol. The largest absolute Gasteiger partial charge is 0.377 e. The Morgan fingerprint density at radius 2 is 2.05 bits per heavy atom. The molecule has 1 saturated carbocycles. The lowest BCUT2D eigenvalue weighted by atomic mass is 9.96. The summed E-state index contributed by atoms with van der Waals surface area (Å²) in [5, 5.41) is 6.00. The summed E-state index contributed by atoms with van der Waals surface area (Å²) in [5.41, 5.74) is 2.57. The molecule has 0 saturated heterocycles. The zero-order valence-electron chi connectivity index (χ0n) is 11.7. The van der Waals surface area contributed by atoms with Gasteiger partial charge in [-0.3, -0.25) is 0 Å². The maximum absolute atomic E-state index is 3.81. The van der Waals surface area contributed by atoms with E-state index in [2.05, 4.69) is 63.9 Å². The Morgan fingerprint density at radius 3 is 2.70 bits per heavy atom. The second-order valence-corrected chi connectivity index (χ2v) is 7.54. The molecule has 0 bridgehead atoms. The van der Waals surface area contributed by atoms with Crippen molar-refractivity contribution < 1.29 is 0 Å². The van der Waals surface area contributed by atoms with Gasteiger partial charge in [0.05, 0.1) is 6.04 Å². The molecule has 0 aliphatic heterocycles. The average Bonchev–Trinajstić information content (AvgIpc) is 3.11. The molecule has 0 amide bonds. The van der Waals surface area contributed by atoms with Gasteiger partial charge in [0.1, 0.15) is 0 Å². The molecule has 1 N–H and O–H groups in total. The number of hydrogen-bond donors (Lipinski definition) is 1. The summed E-state index contributed by atoms with van der Waals surface area (Å²) in [7, 11) is 0. The molecular weight excluding hydrogens is 330 g/mol. The van der Waals surface area contributed by atoms with Crippen LogP contribution >= 0.6 is 27.3 Å². The Morgan fingerprint density at radius 1 is 1.25 bits per heavy atom. The van der Waals surface area contributed by atoms with Crippen molar-refractivity contribution in [2.45, 2.75) is 38.6 Å². The highest BCUT2D eigenvalue weighted by atomic mass is 79.9. The number of hydrogen-bond acceptors (Lipinski definition) is 2. The average molecular weight is 350 g/mol. The van der Waals surface area contributed by atoms with Crippen LogP contribution in [0.5, 0.6) is 0 Å². The van der Waals surface area contributed by atoms with Gasteiger partial charge in [-0.25, -0.2) is 0 Å². The number of anilines is 1. The molecule has 1 atom stereocenters. The zero-order chi connectivity index (χ0) is 13.9. The Bertz CT molecular complexity index is 558. The minimum atomic E-state index is 0.470. The molecule has 1 aromatic carbocycles. The molecule has 1 fully saturated rings. The van der Waals surface area contributed by atoms with Crippen molar-refractivity contribution in [1.82, 2.24) is 0 Å².